The van der Waals surface area contributed by atoms with E-state index >= 15 is 0 Å². The van der Waals surface area contributed by atoms with E-state index in [1.165, 1.54) is 0 Å². The average molecular weight is 180 g/mol. The van der Waals surface area contributed by atoms with Gasteiger partial charge in [0.15, 0.2) is 0 Å². The quantitative estimate of drug-likeness (QED) is 0.652. The number of aliphatic hydroxyl groups excluding tert-OH is 1. The number of ether oxygens (including phenoxy) is 1. The van der Waals surface area contributed by atoms with E-state index in [0.29, 0.717) is 5.56 Å². The highest BCUT2D eigenvalue weighted by molar-refractivity contribution is 5.24. The Morgan fingerprint density at radius 1 is 1.31 bits per heavy atom. The lowest BCUT2D eigenvalue weighted by Crippen LogP contribution is -2.38. The maximum Gasteiger partial charge on any atom is 0.141 e. The largest absolute Gasteiger partial charge is 0.387 e. The molecule has 0 saturated carbocycles. The Balaban J connectivity index is 2.34. The lowest BCUT2D eigenvalue weighted by Gasteiger charge is -2.24. The van der Waals surface area contributed by atoms with Gasteiger partial charge in [-0.05, 0) is 5.56 Å². The number of aliphatic hydroxyl groups is 2. The molecule has 1 aromatic carbocycles. The maximum atomic E-state index is 10.1. The first-order valence-corrected chi connectivity index (χ1v) is 4.27. The Kier molecular flexibility index (Phi) is 2.07. The molecule has 0 bridgehead atoms. The van der Waals surface area contributed by atoms with Crippen LogP contribution >= 0.6 is 0 Å². The van der Waals surface area contributed by atoms with Crippen LogP contribution in [0.15, 0.2) is 30.3 Å². The van der Waals surface area contributed by atoms with Gasteiger partial charge in [-0.2, -0.15) is 0 Å². The normalized spacial score (nSPS) is 33.5. The first kappa shape index (κ1) is 8.69. The van der Waals surface area contributed by atoms with Gasteiger partial charge in [0.2, 0.25) is 0 Å². The van der Waals surface area contributed by atoms with Crippen molar-refractivity contribution in [3.8, 4) is 0 Å². The molecule has 1 fully saturated rings. The number of hydrogen-bond acceptors (Lipinski definition) is 3. The van der Waals surface area contributed by atoms with Gasteiger partial charge in [-0.1, -0.05) is 30.3 Å². The standard InChI is InChI=1S/C10H12O3/c11-9-6-13-7-10(9,12)8-4-2-1-3-5-8/h1-5,9,11-12H,6-7H2/t9-,10-/m1/s1. The third-order valence-electron chi connectivity index (χ3n) is 2.42. The Morgan fingerprint density at radius 3 is 2.54 bits per heavy atom. The van der Waals surface area contributed by atoms with Crippen LogP contribution in [0.3, 0.4) is 0 Å². The van der Waals surface area contributed by atoms with Gasteiger partial charge in [0.05, 0.1) is 13.2 Å². The van der Waals surface area contributed by atoms with Gasteiger partial charge in [-0.15, -0.1) is 0 Å². The van der Waals surface area contributed by atoms with E-state index in [1.54, 1.807) is 12.1 Å². The van der Waals surface area contributed by atoms with Crippen LogP contribution in [0.1, 0.15) is 5.56 Å². The number of rotatable bonds is 1. The SMILES string of the molecule is O[C@@H]1COC[C@@]1(O)c1ccccc1. The summed E-state index contributed by atoms with van der Waals surface area (Å²) >= 11 is 0. The van der Waals surface area contributed by atoms with Crippen molar-refractivity contribution >= 4 is 0 Å². The summed E-state index contributed by atoms with van der Waals surface area (Å²) in [6.07, 6.45) is -0.824. The second kappa shape index (κ2) is 3.10. The first-order valence-electron chi connectivity index (χ1n) is 4.27. The van der Waals surface area contributed by atoms with Crippen molar-refractivity contribution in [3.05, 3.63) is 35.9 Å². The number of benzene rings is 1. The second-order valence-electron chi connectivity index (χ2n) is 3.32. The first-order chi connectivity index (χ1) is 6.23. The van der Waals surface area contributed by atoms with Crippen molar-refractivity contribution in [2.45, 2.75) is 11.7 Å². The van der Waals surface area contributed by atoms with Gasteiger partial charge in [0.1, 0.15) is 11.7 Å². The third kappa shape index (κ3) is 1.35. The van der Waals surface area contributed by atoms with Gasteiger partial charge in [0.25, 0.3) is 0 Å². The predicted octanol–water partition coefficient (Wildman–Crippen LogP) is 0.265. The van der Waals surface area contributed by atoms with E-state index in [0.717, 1.165) is 0 Å². The van der Waals surface area contributed by atoms with Crippen molar-refractivity contribution < 1.29 is 14.9 Å². The molecule has 2 rings (SSSR count). The predicted molar refractivity (Wildman–Crippen MR) is 47.2 cm³/mol. The van der Waals surface area contributed by atoms with Gasteiger partial charge >= 0.3 is 0 Å². The minimum absolute atomic E-state index is 0.165. The van der Waals surface area contributed by atoms with Crippen molar-refractivity contribution in [1.29, 1.82) is 0 Å². The summed E-state index contributed by atoms with van der Waals surface area (Å²) in [4.78, 5) is 0. The van der Waals surface area contributed by atoms with Crippen molar-refractivity contribution in [3.63, 3.8) is 0 Å². The molecule has 0 amide bonds. The highest BCUT2D eigenvalue weighted by atomic mass is 16.5. The van der Waals surface area contributed by atoms with Crippen LogP contribution in [0.2, 0.25) is 0 Å². The van der Waals surface area contributed by atoms with E-state index in [4.69, 9.17) is 4.74 Å². The van der Waals surface area contributed by atoms with Crippen LogP contribution in [0.4, 0.5) is 0 Å². The molecule has 1 aliphatic heterocycles. The lowest BCUT2D eigenvalue weighted by atomic mass is 9.91. The summed E-state index contributed by atoms with van der Waals surface area (Å²) in [6.45, 7) is 0.365. The fourth-order valence-corrected chi connectivity index (χ4v) is 1.56. The molecule has 3 heteroatoms. The monoisotopic (exact) mass is 180 g/mol. The van der Waals surface area contributed by atoms with Crippen LogP contribution in [0.5, 0.6) is 0 Å². The third-order valence-corrected chi connectivity index (χ3v) is 2.42. The number of hydrogen-bond donors (Lipinski definition) is 2. The summed E-state index contributed by atoms with van der Waals surface area (Å²) in [5, 5.41) is 19.6. The molecule has 0 unspecified atom stereocenters. The molecule has 1 aromatic rings. The summed E-state index contributed by atoms with van der Waals surface area (Å²) in [7, 11) is 0. The zero-order valence-electron chi connectivity index (χ0n) is 7.18. The Bertz CT molecular complexity index is 285. The van der Waals surface area contributed by atoms with Gasteiger partial charge in [-0.3, -0.25) is 0 Å². The summed E-state index contributed by atoms with van der Waals surface area (Å²) < 4.78 is 5.03. The minimum atomic E-state index is -1.22. The molecule has 0 spiro atoms. The second-order valence-corrected chi connectivity index (χ2v) is 3.32. The Morgan fingerprint density at radius 2 is 2.00 bits per heavy atom. The maximum absolute atomic E-state index is 10.1. The van der Waals surface area contributed by atoms with Crippen molar-refractivity contribution in [2.24, 2.45) is 0 Å². The molecule has 0 aliphatic carbocycles. The molecule has 1 aliphatic rings. The smallest absolute Gasteiger partial charge is 0.141 e. The Labute approximate surface area is 76.6 Å². The van der Waals surface area contributed by atoms with E-state index in [-0.39, 0.29) is 13.2 Å². The van der Waals surface area contributed by atoms with Gasteiger partial charge < -0.3 is 14.9 Å². The van der Waals surface area contributed by atoms with Crippen molar-refractivity contribution in [1.82, 2.24) is 0 Å². The zero-order chi connectivity index (χ0) is 9.31. The minimum Gasteiger partial charge on any atom is -0.387 e. The fourth-order valence-electron chi connectivity index (χ4n) is 1.56. The topological polar surface area (TPSA) is 49.7 Å². The molecule has 2 atom stereocenters. The van der Waals surface area contributed by atoms with Crippen LogP contribution in [-0.4, -0.2) is 29.5 Å². The molecule has 0 aromatic heterocycles. The fraction of sp³-hybridized carbons (Fsp3) is 0.400. The lowest BCUT2D eigenvalue weighted by molar-refractivity contribution is -0.0477. The van der Waals surface area contributed by atoms with E-state index in [9.17, 15) is 10.2 Å². The molecule has 13 heavy (non-hydrogen) atoms. The summed E-state index contributed by atoms with van der Waals surface area (Å²) in [5.41, 5.74) is -0.513. The van der Waals surface area contributed by atoms with Crippen LogP contribution < -0.4 is 0 Å². The molecule has 2 N–H and O–H groups in total. The molecule has 1 heterocycles. The molecule has 70 valence electrons. The molecular formula is C10H12O3. The Hall–Kier alpha value is -0.900. The van der Waals surface area contributed by atoms with Crippen molar-refractivity contribution in [2.75, 3.05) is 13.2 Å². The van der Waals surface area contributed by atoms with E-state index in [2.05, 4.69) is 0 Å². The zero-order valence-corrected chi connectivity index (χ0v) is 7.18. The molecular weight excluding hydrogens is 168 g/mol. The highest BCUT2D eigenvalue weighted by Gasteiger charge is 2.42. The molecule has 0 radical (unpaired) electrons. The average Bonchev–Trinajstić information content (AvgIpc) is 2.50. The van der Waals surface area contributed by atoms with E-state index in [1.807, 2.05) is 18.2 Å². The molecule has 1 saturated heterocycles. The summed E-state index contributed by atoms with van der Waals surface area (Å²) in [5.74, 6) is 0. The van der Waals surface area contributed by atoms with Gasteiger partial charge in [0, 0.05) is 0 Å². The summed E-state index contributed by atoms with van der Waals surface area (Å²) in [6, 6.07) is 9.11. The van der Waals surface area contributed by atoms with E-state index < -0.39 is 11.7 Å². The highest BCUT2D eigenvalue weighted by Crippen LogP contribution is 2.30. The van der Waals surface area contributed by atoms with Gasteiger partial charge in [-0.25, -0.2) is 0 Å². The van der Waals surface area contributed by atoms with Crippen LogP contribution in [-0.2, 0) is 10.3 Å². The van der Waals surface area contributed by atoms with Crippen LogP contribution in [0, 0.1) is 0 Å². The van der Waals surface area contributed by atoms with Crippen LogP contribution in [0.25, 0.3) is 0 Å². The molecule has 3 nitrogen and oxygen atoms in total.